The molecule has 0 aliphatic rings. The highest BCUT2D eigenvalue weighted by Gasteiger charge is 2.02. The van der Waals surface area contributed by atoms with Crippen molar-refractivity contribution in [1.29, 1.82) is 0 Å². The molecule has 100 valence electrons. The second-order valence-corrected chi connectivity index (χ2v) is 5.15. The summed E-state index contributed by atoms with van der Waals surface area (Å²) in [6.07, 6.45) is 4.71. The average Bonchev–Trinajstić information content (AvgIpc) is 2.41. The minimum Gasteiger partial charge on any atom is -0.313 e. The van der Waals surface area contributed by atoms with Gasteiger partial charge in [-0.1, -0.05) is 13.0 Å². The van der Waals surface area contributed by atoms with Crippen LogP contribution in [0.25, 0.3) is 0 Å². The molecule has 1 N–H and O–H groups in total. The van der Waals surface area contributed by atoms with E-state index in [1.54, 1.807) is 18.5 Å². The molecule has 0 bridgehead atoms. The van der Waals surface area contributed by atoms with Gasteiger partial charge in [-0.2, -0.15) is 0 Å². The smallest absolute Gasteiger partial charge is 0.192 e. The normalized spacial score (nSPS) is 10.6. The van der Waals surface area contributed by atoms with Gasteiger partial charge in [0.15, 0.2) is 5.16 Å². The number of nitrogens with zero attached hydrogens (tertiary/aromatic N) is 2. The first-order valence-electron chi connectivity index (χ1n) is 6.23. The molecule has 2 rings (SSSR count). The molecule has 0 aliphatic heterocycles. The second-order valence-electron chi connectivity index (χ2n) is 4.11. The quantitative estimate of drug-likeness (QED) is 0.649. The van der Waals surface area contributed by atoms with Crippen LogP contribution in [0.5, 0.6) is 0 Å². The maximum Gasteiger partial charge on any atom is 0.192 e. The van der Waals surface area contributed by atoms with E-state index in [0.717, 1.165) is 30.0 Å². The van der Waals surface area contributed by atoms with Crippen LogP contribution in [0.15, 0.2) is 46.7 Å². The van der Waals surface area contributed by atoms with Crippen LogP contribution < -0.4 is 5.32 Å². The van der Waals surface area contributed by atoms with Gasteiger partial charge in [-0.15, -0.1) is 0 Å². The molecule has 19 heavy (non-hydrogen) atoms. The summed E-state index contributed by atoms with van der Waals surface area (Å²) < 4.78 is 13.0. The number of benzene rings is 1. The van der Waals surface area contributed by atoms with Crippen molar-refractivity contribution in [3.8, 4) is 0 Å². The largest absolute Gasteiger partial charge is 0.313 e. The standard InChI is InChI=1S/C14H16FN3S/c1-2-6-16-8-11-9-17-14(18-10-11)19-13-5-3-4-12(15)7-13/h3-5,7,9-10,16H,2,6,8H2,1H3. The predicted octanol–water partition coefficient (Wildman–Crippen LogP) is 3.27. The highest BCUT2D eigenvalue weighted by atomic mass is 32.2. The molecule has 1 heterocycles. The SMILES string of the molecule is CCCNCc1cnc(Sc2cccc(F)c2)nc1. The van der Waals surface area contributed by atoms with Crippen LogP contribution in [-0.2, 0) is 6.54 Å². The topological polar surface area (TPSA) is 37.8 Å². The summed E-state index contributed by atoms with van der Waals surface area (Å²) in [5, 5.41) is 3.92. The first kappa shape index (κ1) is 14.0. The zero-order chi connectivity index (χ0) is 13.5. The molecule has 1 aromatic carbocycles. The Morgan fingerprint density at radius 2 is 2.05 bits per heavy atom. The Labute approximate surface area is 116 Å². The van der Waals surface area contributed by atoms with Crippen LogP contribution in [0.3, 0.4) is 0 Å². The Kier molecular flexibility index (Phi) is 5.30. The van der Waals surface area contributed by atoms with Crippen molar-refractivity contribution in [1.82, 2.24) is 15.3 Å². The van der Waals surface area contributed by atoms with Crippen LogP contribution >= 0.6 is 11.8 Å². The summed E-state index contributed by atoms with van der Waals surface area (Å²) in [5.41, 5.74) is 1.05. The molecule has 0 atom stereocenters. The lowest BCUT2D eigenvalue weighted by Crippen LogP contribution is -2.14. The van der Waals surface area contributed by atoms with E-state index in [-0.39, 0.29) is 5.82 Å². The van der Waals surface area contributed by atoms with Gasteiger partial charge in [0.25, 0.3) is 0 Å². The summed E-state index contributed by atoms with van der Waals surface area (Å²) in [4.78, 5) is 9.35. The summed E-state index contributed by atoms with van der Waals surface area (Å²) in [6.45, 7) is 3.89. The zero-order valence-corrected chi connectivity index (χ0v) is 11.6. The second kappa shape index (κ2) is 7.21. The third-order valence-electron chi connectivity index (χ3n) is 2.44. The fourth-order valence-electron chi connectivity index (χ4n) is 1.53. The first-order valence-corrected chi connectivity index (χ1v) is 7.04. The number of nitrogens with one attached hydrogen (secondary N) is 1. The molecule has 1 aromatic heterocycles. The fourth-order valence-corrected chi connectivity index (χ4v) is 2.27. The minimum absolute atomic E-state index is 0.245. The third-order valence-corrected chi connectivity index (χ3v) is 3.33. The fraction of sp³-hybridized carbons (Fsp3) is 0.286. The third kappa shape index (κ3) is 4.61. The van der Waals surface area contributed by atoms with Crippen molar-refractivity contribution in [2.45, 2.75) is 29.9 Å². The van der Waals surface area contributed by atoms with Crippen molar-refractivity contribution in [3.63, 3.8) is 0 Å². The van der Waals surface area contributed by atoms with E-state index in [2.05, 4.69) is 22.2 Å². The molecular weight excluding hydrogens is 261 g/mol. The molecule has 0 unspecified atom stereocenters. The van der Waals surface area contributed by atoms with E-state index in [4.69, 9.17) is 0 Å². The molecule has 0 amide bonds. The van der Waals surface area contributed by atoms with E-state index in [0.29, 0.717) is 5.16 Å². The molecule has 0 aliphatic carbocycles. The average molecular weight is 277 g/mol. The van der Waals surface area contributed by atoms with E-state index in [1.807, 2.05) is 6.07 Å². The number of rotatable bonds is 6. The Morgan fingerprint density at radius 3 is 2.74 bits per heavy atom. The summed E-state index contributed by atoms with van der Waals surface area (Å²) in [5.74, 6) is -0.245. The Bertz CT molecular complexity index is 516. The van der Waals surface area contributed by atoms with Crippen molar-refractivity contribution in [2.75, 3.05) is 6.54 Å². The summed E-state index contributed by atoms with van der Waals surface area (Å²) >= 11 is 1.36. The molecule has 0 fully saturated rings. The van der Waals surface area contributed by atoms with Crippen LogP contribution in [0, 0.1) is 5.82 Å². The van der Waals surface area contributed by atoms with E-state index < -0.39 is 0 Å². The molecule has 0 spiro atoms. The van der Waals surface area contributed by atoms with E-state index >= 15 is 0 Å². The Morgan fingerprint density at radius 1 is 1.26 bits per heavy atom. The predicted molar refractivity (Wildman–Crippen MR) is 74.6 cm³/mol. The van der Waals surface area contributed by atoms with E-state index in [9.17, 15) is 4.39 Å². The number of hydrogen-bond acceptors (Lipinski definition) is 4. The zero-order valence-electron chi connectivity index (χ0n) is 10.8. The highest BCUT2D eigenvalue weighted by Crippen LogP contribution is 2.24. The number of halogens is 1. The van der Waals surface area contributed by atoms with Crippen LogP contribution in [0.2, 0.25) is 0 Å². The highest BCUT2D eigenvalue weighted by molar-refractivity contribution is 7.99. The molecule has 3 nitrogen and oxygen atoms in total. The number of aromatic nitrogens is 2. The molecule has 0 saturated heterocycles. The first-order chi connectivity index (χ1) is 9.28. The lowest BCUT2D eigenvalue weighted by molar-refractivity contribution is 0.624. The number of hydrogen-bond donors (Lipinski definition) is 1. The lowest BCUT2D eigenvalue weighted by atomic mass is 10.3. The van der Waals surface area contributed by atoms with Crippen molar-refractivity contribution in [3.05, 3.63) is 48.0 Å². The molecule has 0 radical (unpaired) electrons. The van der Waals surface area contributed by atoms with Gasteiger partial charge in [-0.3, -0.25) is 0 Å². The molecule has 5 heteroatoms. The monoisotopic (exact) mass is 277 g/mol. The maximum absolute atomic E-state index is 13.0. The van der Waals surface area contributed by atoms with Gasteiger partial charge in [0.1, 0.15) is 5.82 Å². The van der Waals surface area contributed by atoms with Gasteiger partial charge < -0.3 is 5.32 Å². The lowest BCUT2D eigenvalue weighted by Gasteiger charge is -2.04. The summed E-state index contributed by atoms with van der Waals surface area (Å²) in [7, 11) is 0. The maximum atomic E-state index is 13.0. The van der Waals surface area contributed by atoms with Crippen molar-refractivity contribution >= 4 is 11.8 Å². The Balaban J connectivity index is 1.95. The van der Waals surface area contributed by atoms with Crippen LogP contribution in [-0.4, -0.2) is 16.5 Å². The van der Waals surface area contributed by atoms with Gasteiger partial charge >= 0.3 is 0 Å². The van der Waals surface area contributed by atoms with Crippen LogP contribution in [0.1, 0.15) is 18.9 Å². The van der Waals surface area contributed by atoms with Gasteiger partial charge in [0, 0.05) is 29.4 Å². The minimum atomic E-state index is -0.245. The summed E-state index contributed by atoms with van der Waals surface area (Å²) in [6, 6.07) is 6.42. The van der Waals surface area contributed by atoms with Gasteiger partial charge in [-0.25, -0.2) is 14.4 Å². The van der Waals surface area contributed by atoms with Crippen LogP contribution in [0.4, 0.5) is 4.39 Å². The van der Waals surface area contributed by atoms with Crippen molar-refractivity contribution < 1.29 is 4.39 Å². The van der Waals surface area contributed by atoms with Gasteiger partial charge in [-0.05, 0) is 42.9 Å². The Hall–Kier alpha value is -1.46. The van der Waals surface area contributed by atoms with Gasteiger partial charge in [0.2, 0.25) is 0 Å². The molecule has 2 aromatic rings. The van der Waals surface area contributed by atoms with Gasteiger partial charge in [0.05, 0.1) is 0 Å². The molecular formula is C14H16FN3S. The molecule has 0 saturated carbocycles. The van der Waals surface area contributed by atoms with Crippen molar-refractivity contribution in [2.24, 2.45) is 0 Å². The van der Waals surface area contributed by atoms with E-state index in [1.165, 1.54) is 23.9 Å².